The molecule has 6 nitrogen and oxygen atoms in total. The van der Waals surface area contributed by atoms with E-state index in [-0.39, 0.29) is 23.9 Å². The van der Waals surface area contributed by atoms with Crippen LogP contribution >= 0.6 is 15.9 Å². The van der Waals surface area contributed by atoms with Crippen LogP contribution in [0.4, 0.5) is 0 Å². The number of carbonyl (C=O) groups is 2. The van der Waals surface area contributed by atoms with Crippen molar-refractivity contribution >= 4 is 27.7 Å². The first-order chi connectivity index (χ1) is 11.5. The average Bonchev–Trinajstić information content (AvgIpc) is 2.45. The second-order valence-electron chi connectivity index (χ2n) is 7.31. The first-order valence-corrected chi connectivity index (χ1v) is 9.00. The van der Waals surface area contributed by atoms with E-state index in [1.54, 1.807) is 14.2 Å². The minimum atomic E-state index is -0.305. The zero-order valence-electron chi connectivity index (χ0n) is 15.9. The summed E-state index contributed by atoms with van der Waals surface area (Å²) in [5, 5.41) is 2.86. The molecule has 1 aromatic carbocycles. The lowest BCUT2D eigenvalue weighted by Gasteiger charge is -2.24. The van der Waals surface area contributed by atoms with Crippen molar-refractivity contribution in [1.29, 1.82) is 0 Å². The van der Waals surface area contributed by atoms with Gasteiger partial charge in [-0.1, -0.05) is 15.9 Å². The van der Waals surface area contributed by atoms with Gasteiger partial charge in [0, 0.05) is 22.6 Å². The highest BCUT2D eigenvalue weighted by Gasteiger charge is 2.20. The molecule has 7 heteroatoms. The number of methoxy groups -OCH3 is 1. The number of ether oxygens (including phenoxy) is 1. The first kappa shape index (κ1) is 21.4. The van der Waals surface area contributed by atoms with E-state index in [2.05, 4.69) is 21.2 Å². The SMILES string of the molecule is COc1ccc(Br)cc1C[NH+](C)CC(=O)N(C)CC(=O)NC(C)(C)C. The smallest absolute Gasteiger partial charge is 0.277 e. The fourth-order valence-corrected chi connectivity index (χ4v) is 2.84. The van der Waals surface area contributed by atoms with Gasteiger partial charge in [-0.05, 0) is 39.0 Å². The molecule has 0 saturated heterocycles. The summed E-state index contributed by atoms with van der Waals surface area (Å²) in [6.07, 6.45) is 0. The van der Waals surface area contributed by atoms with Gasteiger partial charge in [0.05, 0.1) is 20.7 Å². The average molecular weight is 415 g/mol. The summed E-state index contributed by atoms with van der Waals surface area (Å²) < 4.78 is 6.34. The Morgan fingerprint density at radius 3 is 2.52 bits per heavy atom. The molecule has 0 aliphatic carbocycles. The number of benzene rings is 1. The third-order valence-corrected chi connectivity index (χ3v) is 4.00. The number of hydrogen-bond acceptors (Lipinski definition) is 3. The summed E-state index contributed by atoms with van der Waals surface area (Å²) >= 11 is 3.46. The summed E-state index contributed by atoms with van der Waals surface area (Å²) in [6, 6.07) is 5.81. The summed E-state index contributed by atoms with van der Waals surface area (Å²) in [7, 11) is 5.23. The van der Waals surface area contributed by atoms with Crippen LogP contribution in [-0.4, -0.2) is 56.5 Å². The Balaban J connectivity index is 2.59. The van der Waals surface area contributed by atoms with Crippen molar-refractivity contribution in [2.75, 3.05) is 34.3 Å². The highest BCUT2D eigenvalue weighted by Crippen LogP contribution is 2.22. The number of quaternary nitrogens is 1. The van der Waals surface area contributed by atoms with Gasteiger partial charge in [-0.3, -0.25) is 9.59 Å². The molecule has 0 radical (unpaired) electrons. The van der Waals surface area contributed by atoms with Crippen molar-refractivity contribution < 1.29 is 19.2 Å². The maximum Gasteiger partial charge on any atom is 0.277 e. The molecule has 1 rings (SSSR count). The molecule has 0 fully saturated rings. The molecular weight excluding hydrogens is 386 g/mol. The van der Waals surface area contributed by atoms with E-state index in [9.17, 15) is 9.59 Å². The zero-order valence-corrected chi connectivity index (χ0v) is 17.5. The molecule has 0 heterocycles. The van der Waals surface area contributed by atoms with E-state index in [0.717, 1.165) is 20.7 Å². The first-order valence-electron chi connectivity index (χ1n) is 8.20. The molecule has 0 aromatic heterocycles. The highest BCUT2D eigenvalue weighted by atomic mass is 79.9. The Morgan fingerprint density at radius 1 is 1.32 bits per heavy atom. The van der Waals surface area contributed by atoms with Gasteiger partial charge in [0.1, 0.15) is 12.3 Å². The molecule has 1 aromatic rings. The van der Waals surface area contributed by atoms with Gasteiger partial charge in [0.2, 0.25) is 5.91 Å². The van der Waals surface area contributed by atoms with E-state index in [1.807, 2.05) is 46.0 Å². The quantitative estimate of drug-likeness (QED) is 0.694. The minimum Gasteiger partial charge on any atom is -0.496 e. The number of nitrogens with zero attached hydrogens (tertiary/aromatic N) is 1. The fraction of sp³-hybridized carbons (Fsp3) is 0.556. The van der Waals surface area contributed by atoms with Crippen molar-refractivity contribution in [2.45, 2.75) is 32.9 Å². The van der Waals surface area contributed by atoms with E-state index in [1.165, 1.54) is 4.90 Å². The van der Waals surface area contributed by atoms with Gasteiger partial charge in [-0.2, -0.15) is 0 Å². The lowest BCUT2D eigenvalue weighted by Crippen LogP contribution is -3.08. The second-order valence-corrected chi connectivity index (χ2v) is 8.23. The lowest BCUT2D eigenvalue weighted by molar-refractivity contribution is -0.885. The Hall–Kier alpha value is -1.60. The van der Waals surface area contributed by atoms with Gasteiger partial charge in [-0.15, -0.1) is 0 Å². The van der Waals surface area contributed by atoms with Gasteiger partial charge < -0.3 is 19.9 Å². The Kier molecular flexibility index (Phi) is 7.89. The zero-order chi connectivity index (χ0) is 19.2. The third kappa shape index (κ3) is 7.88. The number of likely N-dealkylation sites (N-methyl/N-ethyl adjacent to an activating group) is 2. The molecule has 0 bridgehead atoms. The third-order valence-electron chi connectivity index (χ3n) is 3.51. The number of hydrogen-bond donors (Lipinski definition) is 2. The van der Waals surface area contributed by atoms with Crippen LogP contribution in [0.5, 0.6) is 5.75 Å². The van der Waals surface area contributed by atoms with Crippen molar-refractivity contribution in [2.24, 2.45) is 0 Å². The van der Waals surface area contributed by atoms with Gasteiger partial charge in [0.15, 0.2) is 6.54 Å². The van der Waals surface area contributed by atoms with Crippen LogP contribution in [0.2, 0.25) is 0 Å². The predicted molar refractivity (Wildman–Crippen MR) is 102 cm³/mol. The minimum absolute atomic E-state index is 0.0591. The molecule has 0 aliphatic heterocycles. The molecule has 0 saturated carbocycles. The maximum absolute atomic E-state index is 12.4. The monoisotopic (exact) mass is 414 g/mol. The predicted octanol–water partition coefficient (Wildman–Crippen LogP) is 0.846. The summed E-state index contributed by atoms with van der Waals surface area (Å²) in [4.78, 5) is 26.8. The van der Waals surface area contributed by atoms with Crippen molar-refractivity contribution in [3.63, 3.8) is 0 Å². The summed E-state index contributed by atoms with van der Waals surface area (Å²) in [6.45, 7) is 6.75. The lowest BCUT2D eigenvalue weighted by atomic mass is 10.1. The van der Waals surface area contributed by atoms with Crippen molar-refractivity contribution in [1.82, 2.24) is 10.2 Å². The fourth-order valence-electron chi connectivity index (χ4n) is 2.43. The van der Waals surface area contributed by atoms with E-state index in [0.29, 0.717) is 13.1 Å². The largest absolute Gasteiger partial charge is 0.496 e. The number of carbonyl (C=O) groups excluding carboxylic acids is 2. The molecular formula is C18H29BrN3O3+. The van der Waals surface area contributed by atoms with Crippen molar-refractivity contribution in [3.8, 4) is 5.75 Å². The molecule has 1 atom stereocenters. The van der Waals surface area contributed by atoms with Crippen LogP contribution in [0.3, 0.4) is 0 Å². The van der Waals surface area contributed by atoms with E-state index < -0.39 is 0 Å². The number of nitrogens with one attached hydrogen (secondary N) is 2. The topological polar surface area (TPSA) is 63.1 Å². The van der Waals surface area contributed by atoms with Gasteiger partial charge in [0.25, 0.3) is 5.91 Å². The summed E-state index contributed by atoms with van der Waals surface area (Å²) in [5.74, 6) is 0.568. The molecule has 2 amide bonds. The number of rotatable bonds is 7. The van der Waals surface area contributed by atoms with Gasteiger partial charge >= 0.3 is 0 Å². The maximum atomic E-state index is 12.4. The number of amides is 2. The molecule has 0 spiro atoms. The van der Waals surface area contributed by atoms with Crippen LogP contribution in [0.1, 0.15) is 26.3 Å². The molecule has 140 valence electrons. The van der Waals surface area contributed by atoms with Crippen LogP contribution in [0.25, 0.3) is 0 Å². The van der Waals surface area contributed by atoms with Crippen LogP contribution < -0.4 is 15.0 Å². The normalized spacial score (nSPS) is 12.4. The van der Waals surface area contributed by atoms with E-state index >= 15 is 0 Å². The molecule has 0 aliphatic rings. The van der Waals surface area contributed by atoms with E-state index in [4.69, 9.17) is 4.74 Å². The Labute approximate surface area is 158 Å². The Bertz CT molecular complexity index is 614. The molecule has 1 unspecified atom stereocenters. The highest BCUT2D eigenvalue weighted by molar-refractivity contribution is 9.10. The second kappa shape index (κ2) is 9.20. The summed E-state index contributed by atoms with van der Waals surface area (Å²) in [5.41, 5.74) is 0.718. The van der Waals surface area contributed by atoms with Crippen LogP contribution in [0, 0.1) is 0 Å². The van der Waals surface area contributed by atoms with Gasteiger partial charge in [-0.25, -0.2) is 0 Å². The van der Waals surface area contributed by atoms with Crippen LogP contribution in [0.15, 0.2) is 22.7 Å². The Morgan fingerprint density at radius 2 is 1.96 bits per heavy atom. The molecule has 2 N–H and O–H groups in total. The van der Waals surface area contributed by atoms with Crippen molar-refractivity contribution in [3.05, 3.63) is 28.2 Å². The number of halogens is 1. The van der Waals surface area contributed by atoms with Crippen LogP contribution in [-0.2, 0) is 16.1 Å². The molecule has 25 heavy (non-hydrogen) atoms. The standard InChI is InChI=1S/C18H28BrN3O3/c1-18(2,3)20-16(23)11-22(5)17(24)12-21(4)10-13-9-14(19)7-8-15(13)25-6/h7-9H,10-12H2,1-6H3,(H,20,23)/p+1.